The van der Waals surface area contributed by atoms with Crippen LogP contribution in [0.2, 0.25) is 0 Å². The number of benzene rings is 1. The minimum Gasteiger partial charge on any atom is -0.490 e. The van der Waals surface area contributed by atoms with E-state index in [4.69, 9.17) is 4.74 Å². The molecule has 0 unspecified atom stereocenters. The second-order valence-electron chi connectivity index (χ2n) is 3.26. The molecule has 9 heteroatoms. The Balaban J connectivity index is 3.31. The Hall–Kier alpha value is -0.870. The predicted octanol–water partition coefficient (Wildman–Crippen LogP) is 4.61. The van der Waals surface area contributed by atoms with Crippen molar-refractivity contribution in [2.75, 3.05) is 6.61 Å². The number of hydrogen-bond donors (Lipinski definition) is 0. The maximum atomic E-state index is 12.6. The van der Waals surface area contributed by atoms with Crippen LogP contribution in [-0.2, 0) is 6.18 Å². The average Bonchev–Trinajstić information content (AvgIpc) is 2.18. The summed E-state index contributed by atoms with van der Waals surface area (Å²) in [5, 5.41) is 0. The molecule has 0 fully saturated rings. The zero-order valence-electron chi connectivity index (χ0n) is 9.32. The van der Waals surface area contributed by atoms with Crippen molar-refractivity contribution in [1.29, 1.82) is 0 Å². The van der Waals surface area contributed by atoms with Gasteiger partial charge in [0.25, 0.3) is 0 Å². The van der Waals surface area contributed by atoms with Crippen LogP contribution in [0.5, 0.6) is 11.5 Å². The molecule has 108 valence electrons. The average molecular weight is 400 g/mol. The Morgan fingerprint density at radius 1 is 1.05 bits per heavy atom. The van der Waals surface area contributed by atoms with Crippen molar-refractivity contribution in [2.45, 2.75) is 19.5 Å². The van der Waals surface area contributed by atoms with Gasteiger partial charge in [-0.05, 0) is 41.6 Å². The number of rotatable bonds is 3. The monoisotopic (exact) mass is 400 g/mol. The van der Waals surface area contributed by atoms with Gasteiger partial charge in [0.15, 0.2) is 11.5 Å². The fraction of sp³-hybridized carbons (Fsp3) is 0.400. The van der Waals surface area contributed by atoms with Crippen LogP contribution in [0.25, 0.3) is 0 Å². The van der Waals surface area contributed by atoms with Crippen LogP contribution in [0.4, 0.5) is 26.3 Å². The van der Waals surface area contributed by atoms with Crippen LogP contribution in [-0.4, -0.2) is 13.0 Å². The Kier molecular flexibility index (Phi) is 4.80. The van der Waals surface area contributed by atoms with E-state index in [9.17, 15) is 26.3 Å². The molecule has 0 N–H and O–H groups in total. The van der Waals surface area contributed by atoms with Gasteiger partial charge in [0.05, 0.1) is 12.2 Å². The molecule has 0 aromatic heterocycles. The highest BCUT2D eigenvalue weighted by molar-refractivity contribution is 14.1. The third-order valence-electron chi connectivity index (χ3n) is 1.86. The fourth-order valence-corrected chi connectivity index (χ4v) is 1.97. The highest BCUT2D eigenvalue weighted by atomic mass is 127. The fourth-order valence-electron chi connectivity index (χ4n) is 1.23. The van der Waals surface area contributed by atoms with E-state index >= 15 is 0 Å². The van der Waals surface area contributed by atoms with Crippen molar-refractivity contribution in [3.63, 3.8) is 0 Å². The lowest BCUT2D eigenvalue weighted by atomic mass is 10.2. The molecule has 0 bridgehead atoms. The molecule has 2 nitrogen and oxygen atoms in total. The van der Waals surface area contributed by atoms with Crippen molar-refractivity contribution >= 4 is 22.6 Å². The second-order valence-corrected chi connectivity index (χ2v) is 4.42. The Morgan fingerprint density at radius 3 is 2.05 bits per heavy atom. The molecule has 0 aliphatic rings. The van der Waals surface area contributed by atoms with Gasteiger partial charge in [0.2, 0.25) is 0 Å². The van der Waals surface area contributed by atoms with Crippen molar-refractivity contribution in [2.24, 2.45) is 0 Å². The van der Waals surface area contributed by atoms with Crippen molar-refractivity contribution < 1.29 is 35.8 Å². The molecule has 0 atom stereocenters. The molecular weight excluding hydrogens is 393 g/mol. The smallest absolute Gasteiger partial charge is 0.490 e. The van der Waals surface area contributed by atoms with Gasteiger partial charge in [0.1, 0.15) is 0 Å². The SMILES string of the molecule is CCOc1cc(I)c(C(F)(F)F)cc1OC(F)(F)F. The number of alkyl halides is 6. The number of ether oxygens (including phenoxy) is 2. The summed E-state index contributed by atoms with van der Waals surface area (Å²) in [6, 6.07) is 1.13. The minimum absolute atomic E-state index is 0.00430. The molecular formula is C10H7F6IO2. The van der Waals surface area contributed by atoms with Gasteiger partial charge in [0, 0.05) is 3.57 Å². The molecule has 0 saturated heterocycles. The lowest BCUT2D eigenvalue weighted by molar-refractivity contribution is -0.275. The van der Waals surface area contributed by atoms with Gasteiger partial charge in [-0.2, -0.15) is 13.2 Å². The van der Waals surface area contributed by atoms with E-state index in [1.807, 2.05) is 0 Å². The van der Waals surface area contributed by atoms with Gasteiger partial charge in [-0.25, -0.2) is 0 Å². The first-order chi connectivity index (χ1) is 8.54. The zero-order chi connectivity index (χ0) is 14.8. The summed E-state index contributed by atoms with van der Waals surface area (Å²) in [5.74, 6) is -1.40. The maximum Gasteiger partial charge on any atom is 0.573 e. The van der Waals surface area contributed by atoms with Gasteiger partial charge in [-0.3, -0.25) is 0 Å². The summed E-state index contributed by atoms with van der Waals surface area (Å²) < 4.78 is 82.3. The Morgan fingerprint density at radius 2 is 1.63 bits per heavy atom. The Labute approximate surface area is 117 Å². The van der Waals surface area contributed by atoms with Crippen LogP contribution in [0.15, 0.2) is 12.1 Å². The minimum atomic E-state index is -5.10. The van der Waals surface area contributed by atoms with Crippen molar-refractivity contribution in [1.82, 2.24) is 0 Å². The molecule has 1 aromatic rings. The highest BCUT2D eigenvalue weighted by Gasteiger charge is 2.37. The van der Waals surface area contributed by atoms with E-state index in [2.05, 4.69) is 4.74 Å². The molecule has 1 rings (SSSR count). The van der Waals surface area contributed by atoms with Crippen molar-refractivity contribution in [3.05, 3.63) is 21.3 Å². The largest absolute Gasteiger partial charge is 0.573 e. The molecule has 0 spiro atoms. The molecule has 0 amide bonds. The van der Waals surface area contributed by atoms with Gasteiger partial charge in [-0.1, -0.05) is 0 Å². The second kappa shape index (κ2) is 5.63. The lowest BCUT2D eigenvalue weighted by Gasteiger charge is -2.17. The predicted molar refractivity (Wildman–Crippen MR) is 62.0 cm³/mol. The lowest BCUT2D eigenvalue weighted by Crippen LogP contribution is -2.19. The summed E-state index contributed by atoms with van der Waals surface area (Å²) >= 11 is 1.37. The molecule has 0 heterocycles. The molecule has 0 aliphatic heterocycles. The van der Waals surface area contributed by atoms with Crippen LogP contribution in [0, 0.1) is 3.57 Å². The molecule has 19 heavy (non-hydrogen) atoms. The zero-order valence-corrected chi connectivity index (χ0v) is 11.5. The molecule has 0 radical (unpaired) electrons. The topological polar surface area (TPSA) is 18.5 Å². The van der Waals surface area contributed by atoms with Crippen molar-refractivity contribution in [3.8, 4) is 11.5 Å². The van der Waals surface area contributed by atoms with E-state index in [1.54, 1.807) is 0 Å². The van der Waals surface area contributed by atoms with Crippen LogP contribution in [0.1, 0.15) is 12.5 Å². The first-order valence-electron chi connectivity index (χ1n) is 4.84. The first kappa shape index (κ1) is 16.2. The number of hydrogen-bond acceptors (Lipinski definition) is 2. The van der Waals surface area contributed by atoms with Gasteiger partial charge in [-0.15, -0.1) is 13.2 Å². The Bertz CT molecular complexity index is 455. The van der Waals surface area contributed by atoms with Gasteiger partial charge >= 0.3 is 12.5 Å². The maximum absolute atomic E-state index is 12.6. The summed E-state index contributed by atoms with van der Waals surface area (Å²) in [5.41, 5.74) is -1.21. The van der Waals surface area contributed by atoms with Crippen LogP contribution in [0.3, 0.4) is 0 Å². The summed E-state index contributed by atoms with van der Waals surface area (Å²) in [6.45, 7) is 1.48. The van der Waals surface area contributed by atoms with Gasteiger partial charge < -0.3 is 9.47 Å². The molecule has 0 saturated carbocycles. The van der Waals surface area contributed by atoms with E-state index < -0.39 is 29.6 Å². The molecule has 1 aromatic carbocycles. The van der Waals surface area contributed by atoms with E-state index in [0.717, 1.165) is 6.07 Å². The third kappa shape index (κ3) is 4.62. The van der Waals surface area contributed by atoms with Crippen LogP contribution >= 0.6 is 22.6 Å². The number of halogens is 7. The normalized spacial score (nSPS) is 12.4. The summed E-state index contributed by atoms with van der Waals surface area (Å²) in [7, 11) is 0. The van der Waals surface area contributed by atoms with Crippen LogP contribution < -0.4 is 9.47 Å². The van der Waals surface area contributed by atoms with E-state index in [1.165, 1.54) is 29.5 Å². The first-order valence-corrected chi connectivity index (χ1v) is 5.91. The highest BCUT2D eigenvalue weighted by Crippen LogP contribution is 2.41. The van der Waals surface area contributed by atoms with E-state index in [-0.39, 0.29) is 16.2 Å². The molecule has 0 aliphatic carbocycles. The third-order valence-corrected chi connectivity index (χ3v) is 2.76. The standard InChI is InChI=1S/C10H7F6IO2/c1-2-18-7-4-6(17)5(9(11,12)13)3-8(7)19-10(14,15)16/h3-4H,2H2,1H3. The summed E-state index contributed by atoms with van der Waals surface area (Å²) in [6.07, 6.45) is -9.87. The van der Waals surface area contributed by atoms with E-state index in [0.29, 0.717) is 0 Å². The summed E-state index contributed by atoms with van der Waals surface area (Å²) in [4.78, 5) is 0. The quantitative estimate of drug-likeness (QED) is 0.545.